The van der Waals surface area contributed by atoms with E-state index in [0.29, 0.717) is 13.0 Å². The van der Waals surface area contributed by atoms with E-state index in [0.717, 1.165) is 32.1 Å². The lowest BCUT2D eigenvalue weighted by Crippen LogP contribution is -2.31. The zero-order chi connectivity index (χ0) is 33.2. The third kappa shape index (κ3) is 32.3. The van der Waals surface area contributed by atoms with Crippen LogP contribution in [0.3, 0.4) is 0 Å². The number of esters is 2. The molecule has 0 spiro atoms. The summed E-state index contributed by atoms with van der Waals surface area (Å²) < 4.78 is 10.9. The molecule has 0 aromatic carbocycles. The summed E-state index contributed by atoms with van der Waals surface area (Å²) in [6.07, 6.45) is 34.5. The summed E-state index contributed by atoms with van der Waals surface area (Å²) in [5.74, 6) is -0.00196. The first kappa shape index (κ1) is 45.1. The maximum atomic E-state index is 12.8. The molecule has 0 saturated carbocycles. The van der Waals surface area contributed by atoms with Crippen molar-refractivity contribution in [2.24, 2.45) is 5.41 Å². The smallest absolute Gasteiger partial charge is 0.311 e. The minimum Gasteiger partial charge on any atom is -0.466 e. The third-order valence-electron chi connectivity index (χ3n) is 8.78. The van der Waals surface area contributed by atoms with Crippen molar-refractivity contribution < 1.29 is 19.1 Å². The van der Waals surface area contributed by atoms with Gasteiger partial charge in [-0.15, -0.1) is 0 Å². The molecule has 0 heterocycles. The van der Waals surface area contributed by atoms with E-state index in [1.165, 1.54) is 141 Å². The topological polar surface area (TPSA) is 52.6 Å². The number of hydrogen-bond donors (Lipinski definition) is 0. The fourth-order valence-corrected chi connectivity index (χ4v) is 5.61. The van der Waals surface area contributed by atoms with Gasteiger partial charge in [-0.2, -0.15) is 0 Å². The first-order chi connectivity index (χ1) is 21.3. The zero-order valence-electron chi connectivity index (χ0n) is 31.2. The molecular formula is C40H80O4. The summed E-state index contributed by atoms with van der Waals surface area (Å²) in [7, 11) is 0. The highest BCUT2D eigenvalue weighted by Gasteiger charge is 2.30. The van der Waals surface area contributed by atoms with E-state index in [9.17, 15) is 9.59 Å². The Morgan fingerprint density at radius 2 is 0.864 bits per heavy atom. The lowest BCUT2D eigenvalue weighted by molar-refractivity contribution is -0.161. The van der Waals surface area contributed by atoms with Gasteiger partial charge in [0.2, 0.25) is 0 Å². The molecule has 0 aliphatic carbocycles. The van der Waals surface area contributed by atoms with Gasteiger partial charge >= 0.3 is 11.9 Å². The van der Waals surface area contributed by atoms with Crippen LogP contribution in [0.15, 0.2) is 0 Å². The predicted molar refractivity (Wildman–Crippen MR) is 192 cm³/mol. The molecule has 0 aromatic rings. The van der Waals surface area contributed by atoms with Crippen molar-refractivity contribution in [3.63, 3.8) is 0 Å². The Morgan fingerprint density at radius 1 is 0.500 bits per heavy atom. The van der Waals surface area contributed by atoms with Crippen LogP contribution >= 0.6 is 0 Å². The second kappa shape index (κ2) is 34.8. The van der Waals surface area contributed by atoms with Crippen molar-refractivity contribution in [2.45, 2.75) is 234 Å². The van der Waals surface area contributed by atoms with E-state index in [1.54, 1.807) is 0 Å². The van der Waals surface area contributed by atoms with Gasteiger partial charge < -0.3 is 9.47 Å². The Morgan fingerprint density at radius 3 is 1.30 bits per heavy atom. The van der Waals surface area contributed by atoms with Crippen molar-refractivity contribution in [3.8, 4) is 0 Å². The maximum Gasteiger partial charge on any atom is 0.311 e. The fraction of sp³-hybridized carbons (Fsp3) is 0.950. The van der Waals surface area contributed by atoms with Crippen LogP contribution in [0.1, 0.15) is 228 Å². The highest BCUT2D eigenvalue weighted by Crippen LogP contribution is 2.28. The molecule has 1 atom stereocenters. The molecule has 44 heavy (non-hydrogen) atoms. The summed E-state index contributed by atoms with van der Waals surface area (Å²) in [6.45, 7) is 15.5. The molecule has 0 amide bonds. The Labute approximate surface area is 277 Å². The van der Waals surface area contributed by atoms with Crippen molar-refractivity contribution in [1.82, 2.24) is 0 Å². The van der Waals surface area contributed by atoms with Gasteiger partial charge in [-0.1, -0.05) is 163 Å². The molecule has 4 heteroatoms. The van der Waals surface area contributed by atoms with E-state index in [-0.39, 0.29) is 23.5 Å². The standard InChI is InChI=1S/C26H52O2.C14H28O2/c1-6-9-12-15-16-17-19-22-24(21-18-13-10-7-2)28-25(27)26(4,5)23-20-14-11-8-3;1-3-5-6-7-8-9-10-11-12-13-14(15)16-4-2/h24H,6-23H2,1-5H3;3-13H2,1-2H3. The van der Waals surface area contributed by atoms with Crippen LogP contribution in [-0.2, 0) is 19.1 Å². The van der Waals surface area contributed by atoms with Crippen LogP contribution in [0.5, 0.6) is 0 Å². The Bertz CT molecular complexity index is 600. The maximum absolute atomic E-state index is 12.8. The predicted octanol–water partition coefficient (Wildman–Crippen LogP) is 13.5. The number of carbonyl (C=O) groups is 2. The van der Waals surface area contributed by atoms with Gasteiger partial charge in [-0.25, -0.2) is 0 Å². The molecule has 1 unspecified atom stereocenters. The molecule has 0 rings (SSSR count). The minimum absolute atomic E-state index is 0.0347. The van der Waals surface area contributed by atoms with E-state index in [1.807, 2.05) is 6.92 Å². The summed E-state index contributed by atoms with van der Waals surface area (Å²) in [6, 6.07) is 0. The molecule has 0 fully saturated rings. The van der Waals surface area contributed by atoms with E-state index >= 15 is 0 Å². The third-order valence-corrected chi connectivity index (χ3v) is 8.78. The van der Waals surface area contributed by atoms with E-state index in [2.05, 4.69) is 41.5 Å². The normalized spacial score (nSPS) is 12.0. The van der Waals surface area contributed by atoms with Gasteiger partial charge in [0.25, 0.3) is 0 Å². The molecule has 0 saturated heterocycles. The van der Waals surface area contributed by atoms with Crippen LogP contribution in [-0.4, -0.2) is 24.6 Å². The average molecular weight is 625 g/mol. The number of ether oxygens (including phenoxy) is 2. The number of carbonyl (C=O) groups excluding carboxylic acids is 2. The van der Waals surface area contributed by atoms with Crippen LogP contribution in [0.4, 0.5) is 0 Å². The fourth-order valence-electron chi connectivity index (χ4n) is 5.61. The number of hydrogen-bond acceptors (Lipinski definition) is 4. The lowest BCUT2D eigenvalue weighted by atomic mass is 9.86. The van der Waals surface area contributed by atoms with Crippen LogP contribution < -0.4 is 0 Å². The molecule has 0 aliphatic heterocycles. The first-order valence-corrected chi connectivity index (χ1v) is 19.7. The highest BCUT2D eigenvalue weighted by molar-refractivity contribution is 5.76. The lowest BCUT2D eigenvalue weighted by Gasteiger charge is -2.27. The summed E-state index contributed by atoms with van der Waals surface area (Å²) in [4.78, 5) is 23.8. The van der Waals surface area contributed by atoms with Crippen molar-refractivity contribution >= 4 is 11.9 Å². The Kier molecular flexibility index (Phi) is 35.6. The SMILES string of the molecule is CCCCCCCCCC(CCCCCC)OC(=O)C(C)(C)CCCCCC.CCCCCCCCCCCC(=O)OCC. The second-order valence-corrected chi connectivity index (χ2v) is 13.9. The molecule has 0 aliphatic rings. The van der Waals surface area contributed by atoms with Crippen LogP contribution in [0, 0.1) is 5.41 Å². The first-order valence-electron chi connectivity index (χ1n) is 19.7. The number of unbranched alkanes of at least 4 members (excludes halogenated alkanes) is 20. The Balaban J connectivity index is 0. The molecule has 0 radical (unpaired) electrons. The molecule has 0 aromatic heterocycles. The van der Waals surface area contributed by atoms with Crippen molar-refractivity contribution in [3.05, 3.63) is 0 Å². The van der Waals surface area contributed by atoms with Crippen LogP contribution in [0.2, 0.25) is 0 Å². The van der Waals surface area contributed by atoms with Crippen LogP contribution in [0.25, 0.3) is 0 Å². The number of rotatable bonds is 31. The van der Waals surface area contributed by atoms with E-state index < -0.39 is 0 Å². The largest absolute Gasteiger partial charge is 0.466 e. The van der Waals surface area contributed by atoms with Crippen molar-refractivity contribution in [1.29, 1.82) is 0 Å². The van der Waals surface area contributed by atoms with Gasteiger partial charge in [0.05, 0.1) is 12.0 Å². The second-order valence-electron chi connectivity index (χ2n) is 13.9. The van der Waals surface area contributed by atoms with Crippen molar-refractivity contribution in [2.75, 3.05) is 6.61 Å². The molecule has 0 N–H and O–H groups in total. The zero-order valence-corrected chi connectivity index (χ0v) is 31.2. The average Bonchev–Trinajstić information content (AvgIpc) is 3.00. The summed E-state index contributed by atoms with van der Waals surface area (Å²) in [5.41, 5.74) is -0.338. The minimum atomic E-state index is -0.338. The van der Waals surface area contributed by atoms with Gasteiger partial charge in [0.1, 0.15) is 6.10 Å². The molecular weight excluding hydrogens is 544 g/mol. The van der Waals surface area contributed by atoms with E-state index in [4.69, 9.17) is 9.47 Å². The van der Waals surface area contributed by atoms with Gasteiger partial charge in [0, 0.05) is 6.42 Å². The monoisotopic (exact) mass is 625 g/mol. The highest BCUT2D eigenvalue weighted by atomic mass is 16.5. The van der Waals surface area contributed by atoms with Gasteiger partial charge in [-0.3, -0.25) is 9.59 Å². The quantitative estimate of drug-likeness (QED) is 0.0569. The molecule has 4 nitrogen and oxygen atoms in total. The Hall–Kier alpha value is -1.06. The van der Waals surface area contributed by atoms with Gasteiger partial charge in [-0.05, 0) is 59.3 Å². The summed E-state index contributed by atoms with van der Waals surface area (Å²) in [5, 5.41) is 0. The summed E-state index contributed by atoms with van der Waals surface area (Å²) >= 11 is 0. The molecule has 264 valence electrons. The molecule has 0 bridgehead atoms. The van der Waals surface area contributed by atoms with Gasteiger partial charge in [0.15, 0.2) is 0 Å².